The summed E-state index contributed by atoms with van der Waals surface area (Å²) in [6.45, 7) is 0.917. The summed E-state index contributed by atoms with van der Waals surface area (Å²) in [6.07, 6.45) is 2.85. The highest BCUT2D eigenvalue weighted by Crippen LogP contribution is 2.48. The normalized spacial score (nSPS) is 18.4. The quantitative estimate of drug-likeness (QED) is 0.215. The molecule has 9 nitrogen and oxygen atoms in total. The van der Waals surface area contributed by atoms with Crippen LogP contribution in [0.4, 0.5) is 0 Å². The van der Waals surface area contributed by atoms with Crippen LogP contribution in [0.3, 0.4) is 0 Å². The number of carbonyl (C=O) groups is 2. The topological polar surface area (TPSA) is 110 Å². The lowest BCUT2D eigenvalue weighted by atomic mass is 9.85. The Morgan fingerprint density at radius 3 is 2.56 bits per heavy atom. The first-order valence-corrected chi connectivity index (χ1v) is 12.3. The van der Waals surface area contributed by atoms with E-state index in [0.29, 0.717) is 58.1 Å². The first kappa shape index (κ1) is 23.1. The molecule has 0 saturated heterocycles. The van der Waals surface area contributed by atoms with E-state index in [4.69, 9.17) is 28.1 Å². The monoisotopic (exact) mass is 524 g/mol. The van der Waals surface area contributed by atoms with Gasteiger partial charge in [-0.15, -0.1) is 0 Å². The maximum absolute atomic E-state index is 13.6. The van der Waals surface area contributed by atoms with Gasteiger partial charge in [-0.3, -0.25) is 14.4 Å². The summed E-state index contributed by atoms with van der Waals surface area (Å²) in [5.74, 6) is 0.725. The van der Waals surface area contributed by atoms with Crippen molar-refractivity contribution >= 4 is 28.8 Å². The summed E-state index contributed by atoms with van der Waals surface area (Å²) in [4.78, 5) is 39.5. The van der Waals surface area contributed by atoms with Crippen LogP contribution in [0.15, 0.2) is 69.8 Å². The van der Waals surface area contributed by atoms with Crippen molar-refractivity contribution in [3.8, 4) is 28.7 Å². The van der Waals surface area contributed by atoms with Gasteiger partial charge in [-0.25, -0.2) is 0 Å². The van der Waals surface area contributed by atoms with E-state index in [1.54, 1.807) is 54.6 Å². The van der Waals surface area contributed by atoms with Crippen LogP contribution in [-0.4, -0.2) is 32.1 Å². The largest absolute Gasteiger partial charge is 0.497 e. The van der Waals surface area contributed by atoms with E-state index in [9.17, 15) is 14.4 Å². The van der Waals surface area contributed by atoms with Gasteiger partial charge < -0.3 is 28.1 Å². The Labute approximate surface area is 221 Å². The maximum atomic E-state index is 13.6. The number of allylic oxidation sites excluding steroid dienone is 1. The highest BCUT2D eigenvalue weighted by molar-refractivity contribution is 6.15. The Balaban J connectivity index is 1.33. The number of carbonyl (C=O) groups excluding carboxylic acids is 2. The zero-order chi connectivity index (χ0) is 26.7. The molecule has 0 saturated carbocycles. The summed E-state index contributed by atoms with van der Waals surface area (Å²) >= 11 is 0. The fourth-order valence-electron chi connectivity index (χ4n) is 5.17. The average molecular weight is 524 g/mol. The first-order chi connectivity index (χ1) is 19.0. The van der Waals surface area contributed by atoms with Crippen molar-refractivity contribution in [3.63, 3.8) is 0 Å². The van der Waals surface area contributed by atoms with E-state index < -0.39 is 11.9 Å². The van der Waals surface area contributed by atoms with Gasteiger partial charge in [0.15, 0.2) is 22.7 Å². The molecule has 7 rings (SSSR count). The number of fused-ring (bicyclic) bond motifs is 5. The third-order valence-corrected chi connectivity index (χ3v) is 7.03. The second kappa shape index (κ2) is 8.76. The van der Waals surface area contributed by atoms with Crippen molar-refractivity contribution in [2.24, 2.45) is 0 Å². The molecule has 1 unspecified atom stereocenters. The van der Waals surface area contributed by atoms with Crippen LogP contribution in [-0.2, 0) is 4.79 Å². The van der Waals surface area contributed by atoms with Gasteiger partial charge in [-0.05, 0) is 54.1 Å². The lowest BCUT2D eigenvalue weighted by Gasteiger charge is -2.25. The molecule has 0 aliphatic carbocycles. The predicted molar refractivity (Wildman–Crippen MR) is 138 cm³/mol. The molecule has 1 atom stereocenters. The fourth-order valence-corrected chi connectivity index (χ4v) is 5.17. The van der Waals surface area contributed by atoms with Crippen molar-refractivity contribution in [1.82, 2.24) is 0 Å². The summed E-state index contributed by atoms with van der Waals surface area (Å²) < 4.78 is 33.8. The minimum absolute atomic E-state index is 0.0982. The van der Waals surface area contributed by atoms with E-state index in [2.05, 4.69) is 0 Å². The number of benzene rings is 3. The molecule has 0 radical (unpaired) electrons. The van der Waals surface area contributed by atoms with Gasteiger partial charge in [-0.2, -0.15) is 0 Å². The number of ketones is 1. The first-order valence-electron chi connectivity index (χ1n) is 12.3. The molecule has 0 bridgehead atoms. The molecular weight excluding hydrogens is 504 g/mol. The Hall–Kier alpha value is -5.05. The standard InChI is InChI=1S/C30H20O9/c1-34-16-3-6-21-19(12-16)28(32)20(14-37-21)18-13-26(31)38-23-7-4-17-29(33)25(39-30(17)27(18)23)11-15-2-5-22-24(10-15)36-9-8-35-22/h2-7,10-12,14,18H,8-9,13H2,1H3/b25-11-. The van der Waals surface area contributed by atoms with Gasteiger partial charge in [0.25, 0.3) is 0 Å². The van der Waals surface area contributed by atoms with E-state index >= 15 is 0 Å². The highest BCUT2D eigenvalue weighted by Gasteiger charge is 2.39. The number of ether oxygens (including phenoxy) is 5. The predicted octanol–water partition coefficient (Wildman–Crippen LogP) is 4.63. The molecule has 0 spiro atoms. The van der Waals surface area contributed by atoms with Crippen molar-refractivity contribution in [2.75, 3.05) is 20.3 Å². The Morgan fingerprint density at radius 1 is 0.897 bits per heavy atom. The molecule has 4 heterocycles. The molecule has 194 valence electrons. The van der Waals surface area contributed by atoms with Crippen molar-refractivity contribution in [1.29, 1.82) is 0 Å². The molecule has 1 aromatic heterocycles. The molecule has 3 aliphatic rings. The Morgan fingerprint density at radius 2 is 1.72 bits per heavy atom. The molecule has 39 heavy (non-hydrogen) atoms. The summed E-state index contributed by atoms with van der Waals surface area (Å²) in [5, 5.41) is 0.316. The molecule has 9 heteroatoms. The number of Topliss-reactive ketones (excluding diaryl/α,β-unsaturated/α-hetero) is 1. The molecule has 0 amide bonds. The summed E-state index contributed by atoms with van der Waals surface area (Å²) in [7, 11) is 1.51. The van der Waals surface area contributed by atoms with Gasteiger partial charge in [0, 0.05) is 17.0 Å². The van der Waals surface area contributed by atoms with Crippen molar-refractivity contribution in [3.05, 3.63) is 93.0 Å². The van der Waals surface area contributed by atoms with E-state index in [1.807, 2.05) is 0 Å². The second-order valence-corrected chi connectivity index (χ2v) is 9.31. The van der Waals surface area contributed by atoms with E-state index in [1.165, 1.54) is 13.4 Å². The van der Waals surface area contributed by atoms with Gasteiger partial charge in [0.1, 0.15) is 36.0 Å². The number of methoxy groups -OCH3 is 1. The molecule has 0 N–H and O–H groups in total. The minimum Gasteiger partial charge on any atom is -0.497 e. The molecule has 4 aromatic rings. The fraction of sp³-hybridized carbons (Fsp3) is 0.167. The van der Waals surface area contributed by atoms with E-state index in [0.717, 1.165) is 0 Å². The highest BCUT2D eigenvalue weighted by atomic mass is 16.6. The zero-order valence-corrected chi connectivity index (χ0v) is 20.6. The molecular formula is C30H20O9. The third kappa shape index (κ3) is 3.73. The van der Waals surface area contributed by atoms with Crippen LogP contribution in [0, 0.1) is 0 Å². The average Bonchev–Trinajstić information content (AvgIpc) is 3.27. The van der Waals surface area contributed by atoms with Crippen molar-refractivity contribution < 1.29 is 37.7 Å². The maximum Gasteiger partial charge on any atom is 0.312 e. The van der Waals surface area contributed by atoms with Gasteiger partial charge in [0.2, 0.25) is 5.78 Å². The number of rotatable bonds is 3. The van der Waals surface area contributed by atoms with Gasteiger partial charge in [0.05, 0.1) is 30.7 Å². The van der Waals surface area contributed by atoms with Crippen LogP contribution < -0.4 is 29.1 Å². The van der Waals surface area contributed by atoms with Gasteiger partial charge >= 0.3 is 5.97 Å². The van der Waals surface area contributed by atoms with Crippen LogP contribution in [0.25, 0.3) is 17.0 Å². The molecule has 3 aromatic carbocycles. The van der Waals surface area contributed by atoms with Crippen LogP contribution >= 0.6 is 0 Å². The lowest BCUT2D eigenvalue weighted by molar-refractivity contribution is -0.135. The van der Waals surface area contributed by atoms with Crippen LogP contribution in [0.2, 0.25) is 0 Å². The van der Waals surface area contributed by atoms with Crippen LogP contribution in [0.5, 0.6) is 28.7 Å². The molecule has 3 aliphatic heterocycles. The Bertz CT molecular complexity index is 1800. The summed E-state index contributed by atoms with van der Waals surface area (Å²) in [5.41, 5.74) is 1.78. The second-order valence-electron chi connectivity index (χ2n) is 9.31. The van der Waals surface area contributed by atoms with E-state index in [-0.39, 0.29) is 40.5 Å². The Kier molecular flexibility index (Phi) is 5.19. The zero-order valence-electron chi connectivity index (χ0n) is 20.6. The van der Waals surface area contributed by atoms with Gasteiger partial charge in [-0.1, -0.05) is 6.07 Å². The summed E-state index contributed by atoms with van der Waals surface area (Å²) in [6, 6.07) is 13.4. The third-order valence-electron chi connectivity index (χ3n) is 7.03. The molecule has 0 fully saturated rings. The minimum atomic E-state index is -0.746. The lowest BCUT2D eigenvalue weighted by Crippen LogP contribution is -2.25. The van der Waals surface area contributed by atoms with Crippen LogP contribution in [0.1, 0.15) is 39.4 Å². The number of esters is 1. The smallest absolute Gasteiger partial charge is 0.312 e. The number of hydrogen-bond donors (Lipinski definition) is 0. The van der Waals surface area contributed by atoms with Crippen molar-refractivity contribution in [2.45, 2.75) is 12.3 Å². The SMILES string of the molecule is COc1ccc2occ(C3CC(=O)Oc4ccc5c(c43)O/C(=C\c3ccc4c(c3)OCCO4)C5=O)c(=O)c2c1. The number of hydrogen-bond acceptors (Lipinski definition) is 9.